The van der Waals surface area contributed by atoms with Crippen LogP contribution < -0.4 is 5.32 Å². The van der Waals surface area contributed by atoms with Crippen LogP contribution in [0, 0.1) is 0 Å². The van der Waals surface area contributed by atoms with Gasteiger partial charge in [0.1, 0.15) is 5.15 Å². The van der Waals surface area contributed by atoms with Gasteiger partial charge in [0.05, 0.1) is 18.4 Å². The Bertz CT molecular complexity index is 439. The lowest BCUT2D eigenvalue weighted by atomic mass is 10.3. The van der Waals surface area contributed by atoms with E-state index in [0.29, 0.717) is 4.90 Å². The molecule has 0 saturated heterocycles. The van der Waals surface area contributed by atoms with Crippen molar-refractivity contribution in [2.45, 2.75) is 12.3 Å². The second-order valence-corrected chi connectivity index (χ2v) is 4.12. The van der Waals surface area contributed by atoms with Crippen LogP contribution in [0.2, 0.25) is 5.15 Å². The molecule has 1 aromatic heterocycles. The molecule has 19 heavy (non-hydrogen) atoms. The Labute approximate surface area is 112 Å². The summed E-state index contributed by atoms with van der Waals surface area (Å²) in [5, 5.41) is 11.4. The number of aromatic nitrogens is 1. The number of hydrogen-bond acceptors (Lipinski definition) is 3. The van der Waals surface area contributed by atoms with E-state index in [4.69, 9.17) is 16.7 Å². The molecule has 0 spiro atoms. The molecule has 2 N–H and O–H groups in total. The minimum atomic E-state index is -4.77. The van der Waals surface area contributed by atoms with Crippen LogP contribution in [-0.4, -0.2) is 46.9 Å². The molecular weight excluding hydrogens is 287 g/mol. The van der Waals surface area contributed by atoms with Crippen molar-refractivity contribution in [3.05, 3.63) is 23.5 Å². The van der Waals surface area contributed by atoms with Crippen molar-refractivity contribution in [3.8, 4) is 0 Å². The van der Waals surface area contributed by atoms with Gasteiger partial charge in [0.15, 0.2) is 6.10 Å². The first-order chi connectivity index (χ1) is 8.70. The van der Waals surface area contributed by atoms with Crippen molar-refractivity contribution in [2.75, 3.05) is 18.9 Å². The van der Waals surface area contributed by atoms with Gasteiger partial charge in [0.2, 0.25) is 0 Å². The zero-order valence-corrected chi connectivity index (χ0v) is 10.5. The van der Waals surface area contributed by atoms with Crippen molar-refractivity contribution in [1.29, 1.82) is 0 Å². The van der Waals surface area contributed by atoms with E-state index < -0.39 is 24.9 Å². The predicted molar refractivity (Wildman–Crippen MR) is 63.0 cm³/mol. The van der Waals surface area contributed by atoms with Gasteiger partial charge in [0, 0.05) is 7.05 Å². The highest BCUT2D eigenvalue weighted by Crippen LogP contribution is 2.20. The number of nitrogens with one attached hydrogen (secondary N) is 1. The average molecular weight is 298 g/mol. The van der Waals surface area contributed by atoms with Gasteiger partial charge < -0.3 is 15.3 Å². The fourth-order valence-corrected chi connectivity index (χ4v) is 1.23. The Morgan fingerprint density at radius 2 is 2.21 bits per heavy atom. The number of hydrogen-bond donors (Lipinski definition) is 2. The maximum absolute atomic E-state index is 12.1. The molecular formula is C10H11ClF3N3O2. The molecule has 2 amide bonds. The van der Waals surface area contributed by atoms with Gasteiger partial charge in [-0.1, -0.05) is 11.6 Å². The maximum Gasteiger partial charge on any atom is 0.416 e. The number of urea groups is 1. The lowest BCUT2D eigenvalue weighted by Gasteiger charge is -2.22. The second kappa shape index (κ2) is 6.07. The van der Waals surface area contributed by atoms with Crippen LogP contribution in [0.3, 0.4) is 0 Å². The number of amides is 2. The number of rotatable bonds is 3. The van der Waals surface area contributed by atoms with Crippen LogP contribution in [0.5, 0.6) is 0 Å². The Hall–Kier alpha value is -1.54. The van der Waals surface area contributed by atoms with Crippen molar-refractivity contribution < 1.29 is 23.1 Å². The molecule has 1 atom stereocenters. The van der Waals surface area contributed by atoms with E-state index in [1.807, 2.05) is 0 Å². The van der Waals surface area contributed by atoms with Crippen LogP contribution in [0.1, 0.15) is 0 Å². The number of alkyl halides is 3. The van der Waals surface area contributed by atoms with E-state index in [1.165, 1.54) is 18.3 Å². The highest BCUT2D eigenvalue weighted by Gasteiger charge is 2.39. The van der Waals surface area contributed by atoms with Crippen molar-refractivity contribution >= 4 is 23.3 Å². The highest BCUT2D eigenvalue weighted by atomic mass is 35.5. The number of aliphatic hydroxyl groups excluding tert-OH is 1. The summed E-state index contributed by atoms with van der Waals surface area (Å²) in [7, 11) is 1.13. The number of carbonyl (C=O) groups is 1. The summed E-state index contributed by atoms with van der Waals surface area (Å²) in [5.41, 5.74) is 0.280. The van der Waals surface area contributed by atoms with Crippen molar-refractivity contribution in [1.82, 2.24) is 9.88 Å². The van der Waals surface area contributed by atoms with E-state index in [9.17, 15) is 18.0 Å². The number of anilines is 1. The lowest BCUT2D eigenvalue weighted by Crippen LogP contribution is -2.43. The molecule has 0 aliphatic rings. The third-order valence-corrected chi connectivity index (χ3v) is 2.37. The molecule has 0 bridgehead atoms. The number of carbonyl (C=O) groups excluding carboxylic acids is 1. The highest BCUT2D eigenvalue weighted by molar-refractivity contribution is 6.29. The molecule has 0 aromatic carbocycles. The van der Waals surface area contributed by atoms with Gasteiger partial charge in [0.25, 0.3) is 0 Å². The summed E-state index contributed by atoms with van der Waals surface area (Å²) >= 11 is 5.54. The molecule has 0 radical (unpaired) electrons. The lowest BCUT2D eigenvalue weighted by molar-refractivity contribution is -0.205. The first-order valence-electron chi connectivity index (χ1n) is 5.08. The molecule has 1 heterocycles. The van der Waals surface area contributed by atoms with Crippen LogP contribution in [0.25, 0.3) is 0 Å². The molecule has 0 saturated carbocycles. The molecule has 0 aliphatic heterocycles. The van der Waals surface area contributed by atoms with E-state index in [-0.39, 0.29) is 10.8 Å². The normalized spacial score (nSPS) is 12.9. The minimum absolute atomic E-state index is 0.221. The topological polar surface area (TPSA) is 65.5 Å². The van der Waals surface area contributed by atoms with Crippen molar-refractivity contribution in [2.24, 2.45) is 0 Å². The number of aliphatic hydroxyl groups is 1. The molecule has 1 aromatic rings. The van der Waals surface area contributed by atoms with Gasteiger partial charge in [-0.15, -0.1) is 0 Å². The van der Waals surface area contributed by atoms with Gasteiger partial charge in [-0.05, 0) is 12.1 Å². The standard InChI is InChI=1S/C10H11ClF3N3O2/c1-17(5-7(18)10(12,13)14)9(19)16-6-2-3-8(11)15-4-6/h2-4,7,18H,5H2,1H3,(H,16,19). The first-order valence-corrected chi connectivity index (χ1v) is 5.46. The van der Waals surface area contributed by atoms with Crippen LogP contribution >= 0.6 is 11.6 Å². The largest absolute Gasteiger partial charge is 0.416 e. The van der Waals surface area contributed by atoms with Gasteiger partial charge in [-0.3, -0.25) is 0 Å². The Morgan fingerprint density at radius 1 is 1.58 bits per heavy atom. The molecule has 5 nitrogen and oxygen atoms in total. The maximum atomic E-state index is 12.1. The average Bonchev–Trinajstić information content (AvgIpc) is 2.30. The number of pyridine rings is 1. The fraction of sp³-hybridized carbons (Fsp3) is 0.400. The van der Waals surface area contributed by atoms with Crippen LogP contribution in [-0.2, 0) is 0 Å². The van der Waals surface area contributed by atoms with E-state index in [1.54, 1.807) is 0 Å². The van der Waals surface area contributed by atoms with Crippen LogP contribution in [0.15, 0.2) is 18.3 Å². The summed E-state index contributed by atoms with van der Waals surface area (Å²) < 4.78 is 36.3. The summed E-state index contributed by atoms with van der Waals surface area (Å²) in [4.78, 5) is 15.9. The van der Waals surface area contributed by atoms with Gasteiger partial charge in [-0.25, -0.2) is 9.78 Å². The monoisotopic (exact) mass is 297 g/mol. The summed E-state index contributed by atoms with van der Waals surface area (Å²) in [6, 6.07) is 2.07. The molecule has 0 aliphatic carbocycles. The Morgan fingerprint density at radius 3 is 2.68 bits per heavy atom. The zero-order valence-electron chi connectivity index (χ0n) is 9.78. The minimum Gasteiger partial charge on any atom is -0.382 e. The zero-order chi connectivity index (χ0) is 14.6. The van der Waals surface area contributed by atoms with Crippen molar-refractivity contribution in [3.63, 3.8) is 0 Å². The quantitative estimate of drug-likeness (QED) is 0.840. The number of halogens is 4. The number of nitrogens with zero attached hydrogens (tertiary/aromatic N) is 2. The van der Waals surface area contributed by atoms with Crippen LogP contribution in [0.4, 0.5) is 23.7 Å². The van der Waals surface area contributed by atoms with E-state index >= 15 is 0 Å². The van der Waals surface area contributed by atoms with Gasteiger partial charge in [-0.2, -0.15) is 13.2 Å². The third kappa shape index (κ3) is 4.92. The molecule has 9 heteroatoms. The molecule has 1 unspecified atom stereocenters. The Kier molecular flexibility index (Phi) is 4.96. The van der Waals surface area contributed by atoms with Gasteiger partial charge >= 0.3 is 12.2 Å². The third-order valence-electron chi connectivity index (χ3n) is 2.15. The van der Waals surface area contributed by atoms with E-state index in [0.717, 1.165) is 7.05 Å². The Balaban J connectivity index is 2.56. The fourth-order valence-electron chi connectivity index (χ4n) is 1.11. The van der Waals surface area contributed by atoms with E-state index in [2.05, 4.69) is 10.3 Å². The summed E-state index contributed by atoms with van der Waals surface area (Å²) in [6.07, 6.45) is -6.10. The predicted octanol–water partition coefficient (Wildman–Crippen LogP) is 2.12. The molecule has 0 fully saturated rings. The summed E-state index contributed by atoms with van der Waals surface area (Å²) in [6.45, 7) is -0.865. The summed E-state index contributed by atoms with van der Waals surface area (Å²) in [5.74, 6) is 0. The molecule has 1 rings (SSSR count). The first kappa shape index (κ1) is 15.5. The smallest absolute Gasteiger partial charge is 0.382 e. The SMILES string of the molecule is CN(CC(O)C(F)(F)F)C(=O)Nc1ccc(Cl)nc1. The second-order valence-electron chi connectivity index (χ2n) is 3.74. The number of likely N-dealkylation sites (N-methyl/N-ethyl adjacent to an activating group) is 1. The molecule has 106 valence electrons.